The third-order valence-corrected chi connectivity index (χ3v) is 23.9. The van der Waals surface area contributed by atoms with Crippen molar-refractivity contribution in [1.82, 2.24) is 0 Å². The standard InChI is InChI=1S/C23H28O5.C23H29O5.2C22H26O6.C22H25O5.4ClH.2H2O/c1-16-19(24-14-17-10-6-4-7-11-17)20(25-15-18-12-8-5-9-13-18)21-22(26-16)28-23(2,3)27-21;1-16(2)27-23-20(24)22(26-15-19-12-8-5-9-13-19)21(17(3)28-23)25-14-18-10-6-4-7-11-18;1-15-20(25-13-17-9-5-3-6-10-17)21(19(24)22(27-15)28-16(2)23)26-14-18-11-7-4-8-12-18;1-15-19(25-13-17-9-5-3-6-10-17)20(21(22(24)27-15)28-16(2)23)26-14-18-11-7-4-8-12-18;1-15-19(23-13-17-9-5-3-6-10-17)20(21-22(25-15)27-16(2)26-21)24-14-18-11-7-4-8-12-18;;;;;;/h4-13,16,19-22H,14-15H2,1-3H3;4-13,17,20-24H,14-15H2,1-3H3;2*3-12,15,19-22,24H,13-14H2,1-2H3;3-12,15,19-22H,13-14H2,1-2H3;4*1H;2*1H2/q;+1;;;+1;;;;;;/p-2/t16?,19-,20-,21?,22+;17?,20?,21-,22+,23-;15?,19?,20-,21+,22+;2*15?,19-,20-,21?,22+;;;;;;/m00000....../s1. The summed E-state index contributed by atoms with van der Waals surface area (Å²) in [6, 6.07) is 99.1. The normalized spacial score (nSPS) is 27.5. The minimum Gasteiger partial charge on any atom is -1.00 e. The van der Waals surface area contributed by atoms with Crippen LogP contribution in [0.3, 0.4) is 0 Å². The lowest BCUT2D eigenvalue weighted by Gasteiger charge is -2.43. The van der Waals surface area contributed by atoms with Gasteiger partial charge < -0.3 is 171 Å². The molecule has 0 aromatic heterocycles. The molecule has 6 saturated heterocycles. The number of carbonyl (C=O) groups is 2. The predicted molar refractivity (Wildman–Crippen MR) is 524 cm³/mol. The van der Waals surface area contributed by atoms with Crippen LogP contribution in [0.15, 0.2) is 303 Å². The fourth-order valence-electron chi connectivity index (χ4n) is 17.0. The Morgan fingerprint density at radius 1 is 0.317 bits per heavy atom. The van der Waals surface area contributed by atoms with Crippen molar-refractivity contribution in [3.05, 3.63) is 365 Å². The molecular weight excluding hydrogens is 1950 g/mol. The highest BCUT2D eigenvalue weighted by molar-refractivity contribution is 5.68. The summed E-state index contributed by atoms with van der Waals surface area (Å²) in [5.74, 6) is -1.24. The van der Waals surface area contributed by atoms with Crippen molar-refractivity contribution in [1.29, 1.82) is 0 Å². The molecule has 0 radical (unpaired) electrons. The smallest absolute Gasteiger partial charge is 1.00 e. The Hall–Kier alpha value is -9.28. The molecule has 790 valence electrons. The second-order valence-corrected chi connectivity index (χ2v) is 35.7. The number of carbonyl (C=O) groups excluding carboxylic acids is 3. The van der Waals surface area contributed by atoms with Crippen molar-refractivity contribution in [3.8, 4) is 0 Å². The van der Waals surface area contributed by atoms with E-state index >= 15 is 0 Å². The number of aliphatic hydroxyl groups excluding tert-OH is 3. The number of esters is 3. The average Bonchev–Trinajstić information content (AvgIpc) is 1.63. The molecule has 7 heterocycles. The van der Waals surface area contributed by atoms with Crippen molar-refractivity contribution >= 4 is 17.9 Å². The van der Waals surface area contributed by atoms with E-state index < -0.39 is 116 Å². The predicted octanol–water partition coefficient (Wildman–Crippen LogP) is 3.53. The van der Waals surface area contributed by atoms with Gasteiger partial charge in [0.15, 0.2) is 30.6 Å². The molecule has 33 heteroatoms. The molecule has 0 spiro atoms. The Kier molecular flexibility index (Phi) is 53.2. The van der Waals surface area contributed by atoms with E-state index in [1.165, 1.54) is 13.8 Å². The van der Waals surface area contributed by atoms with E-state index in [0.29, 0.717) is 72.0 Å². The lowest BCUT2D eigenvalue weighted by Crippen LogP contribution is -3.00. The van der Waals surface area contributed by atoms with Crippen molar-refractivity contribution in [2.75, 3.05) is 0 Å². The highest BCUT2D eigenvalue weighted by Crippen LogP contribution is 2.41. The fourth-order valence-corrected chi connectivity index (χ4v) is 17.0. The van der Waals surface area contributed by atoms with E-state index in [1.54, 1.807) is 6.92 Å². The number of hydrogen-bond donors (Lipinski definition) is 3. The van der Waals surface area contributed by atoms with Gasteiger partial charge in [0, 0.05) is 13.8 Å². The first-order valence-corrected chi connectivity index (χ1v) is 47.6. The monoisotopic (exact) mass is 2090 g/mol. The zero-order chi connectivity index (χ0) is 98.0. The molecule has 25 atom stereocenters. The fraction of sp³-hybridized carbons (Fsp3) is 0.429. The van der Waals surface area contributed by atoms with Gasteiger partial charge in [0.25, 0.3) is 0 Å². The summed E-state index contributed by atoms with van der Waals surface area (Å²) in [7, 11) is 0. The Morgan fingerprint density at radius 3 is 0.862 bits per heavy atom. The summed E-state index contributed by atoms with van der Waals surface area (Å²) in [5, 5.41) is 31.9. The summed E-state index contributed by atoms with van der Waals surface area (Å²) < 4.78 is 131. The second-order valence-electron chi connectivity index (χ2n) is 35.7. The van der Waals surface area contributed by atoms with E-state index in [2.05, 4.69) is 24.3 Å². The maximum atomic E-state index is 11.6. The molecule has 0 amide bonds. The Balaban J connectivity index is 0.000000319. The van der Waals surface area contributed by atoms with Gasteiger partial charge in [-0.1, -0.05) is 303 Å². The average molecular weight is 2090 g/mol. The van der Waals surface area contributed by atoms with Gasteiger partial charge >= 0.3 is 33.2 Å². The van der Waals surface area contributed by atoms with E-state index in [9.17, 15) is 24.9 Å². The molecule has 10 unspecified atom stereocenters. The SMILES string of the molecule is CC(=O)OC1[C@H](O)OC(C)[C@H](OCc2ccccc2)[C@@H]1OCc1ccccc1.CC(=O)O[C@H]1OC(C)[C@H](OCc2ccccc2)[C@H](OCc2ccccc2)C1O.CC1=[O+][C@H]2OC(C)[C@H](OCc3ccccc3)[C@H](OCc3ccccc3)C2O1.CC1O[C@@H]2OC(C)(C)OC2[C@@H](OCc2ccccc2)[C@H]1OCc1ccccc1.C[C+](C)O[C@H]1OC(C)[C@H](OCc2ccccc2)[C@H](OCc2ccccc2)C1O.O.O.[Cl-].[Cl-].[Cl-].[Cl-].[H+].[H+]. The first-order chi connectivity index (χ1) is 67.3. The van der Waals surface area contributed by atoms with Gasteiger partial charge in [-0.15, -0.1) is 0 Å². The van der Waals surface area contributed by atoms with Crippen LogP contribution in [0.2, 0.25) is 0 Å². The van der Waals surface area contributed by atoms with Crippen LogP contribution in [0.25, 0.3) is 0 Å². The van der Waals surface area contributed by atoms with E-state index in [4.69, 9.17) is 104 Å². The lowest BCUT2D eigenvalue weighted by molar-refractivity contribution is -0.570. The minimum absolute atomic E-state index is 0. The Bertz CT molecular complexity index is 5210. The third-order valence-electron chi connectivity index (χ3n) is 23.9. The molecule has 29 nitrogen and oxygen atoms in total. The number of ether oxygens (including phenoxy) is 21. The highest BCUT2D eigenvalue weighted by Gasteiger charge is 2.59. The lowest BCUT2D eigenvalue weighted by atomic mass is 9.98. The zero-order valence-corrected chi connectivity index (χ0v) is 86.5. The Morgan fingerprint density at radius 2 is 0.559 bits per heavy atom. The summed E-state index contributed by atoms with van der Waals surface area (Å²) >= 11 is 0. The Labute approximate surface area is 878 Å². The first kappa shape index (κ1) is 123. The minimum atomic E-state index is -1.28. The molecule has 7 N–H and O–H groups in total. The van der Waals surface area contributed by atoms with Crippen LogP contribution in [0.4, 0.5) is 0 Å². The molecular formula is C112H140Cl4O29. The number of aliphatic hydroxyl groups is 3. The molecule has 0 bridgehead atoms. The summed E-state index contributed by atoms with van der Waals surface area (Å²) in [6.07, 6.45) is -13.2. The van der Waals surface area contributed by atoms with Crippen LogP contribution >= 0.6 is 0 Å². The molecule has 6 fully saturated rings. The van der Waals surface area contributed by atoms with Crippen molar-refractivity contribution in [2.24, 2.45) is 0 Å². The summed E-state index contributed by atoms with van der Waals surface area (Å²) in [5.41, 5.74) is 10.5. The van der Waals surface area contributed by atoms with Gasteiger partial charge in [-0.25, -0.2) is 0 Å². The van der Waals surface area contributed by atoms with Gasteiger partial charge in [0.2, 0.25) is 18.7 Å². The number of fused-ring (bicyclic) bond motifs is 2. The second kappa shape index (κ2) is 62.9. The van der Waals surface area contributed by atoms with E-state index in [0.717, 1.165) is 61.7 Å². The van der Waals surface area contributed by atoms with Crippen molar-refractivity contribution in [2.45, 2.75) is 308 Å². The van der Waals surface area contributed by atoms with E-state index in [-0.39, 0.29) is 118 Å². The van der Waals surface area contributed by atoms with Crippen molar-refractivity contribution in [3.63, 3.8) is 0 Å². The van der Waals surface area contributed by atoms with Crippen LogP contribution in [-0.2, 0) is 180 Å². The van der Waals surface area contributed by atoms with Crippen LogP contribution in [0.5, 0.6) is 0 Å². The molecule has 7 aliphatic heterocycles. The quantitative estimate of drug-likeness (QED) is 0.0225. The van der Waals surface area contributed by atoms with Gasteiger partial charge in [0.05, 0.1) is 104 Å². The number of rotatable bonds is 34. The maximum Gasteiger partial charge on any atom is 1.00 e. The number of hydrogen-bond acceptors (Lipinski definition) is 26. The molecule has 10 aromatic carbocycles. The molecule has 0 aliphatic carbocycles. The summed E-state index contributed by atoms with van der Waals surface area (Å²) in [4.78, 5) is 22.9. The van der Waals surface area contributed by atoms with Gasteiger partial charge in [-0.3, -0.25) is 14.0 Å². The zero-order valence-electron chi connectivity index (χ0n) is 85.5. The van der Waals surface area contributed by atoms with Gasteiger partial charge in [-0.05, 0) is 104 Å². The van der Waals surface area contributed by atoms with Crippen LogP contribution < -0.4 is 49.6 Å². The molecule has 145 heavy (non-hydrogen) atoms. The van der Waals surface area contributed by atoms with E-state index in [1.807, 2.05) is 341 Å². The number of halogens is 4. The number of benzene rings is 10. The highest BCUT2D eigenvalue weighted by atomic mass is 35.5. The topological polar surface area (TPSA) is 363 Å². The van der Waals surface area contributed by atoms with Crippen molar-refractivity contribution < 1.29 is 192 Å². The molecule has 0 saturated carbocycles. The first-order valence-electron chi connectivity index (χ1n) is 47.6. The molecule has 17 rings (SSSR count). The van der Waals surface area contributed by atoms with Crippen LogP contribution in [-0.4, -0.2) is 203 Å². The van der Waals surface area contributed by atoms with Gasteiger partial charge in [-0.2, -0.15) is 4.74 Å². The molecule has 7 aliphatic rings. The van der Waals surface area contributed by atoms with Gasteiger partial charge in [0.1, 0.15) is 87.1 Å². The van der Waals surface area contributed by atoms with Crippen LogP contribution in [0.1, 0.15) is 142 Å². The maximum absolute atomic E-state index is 11.6. The largest absolute Gasteiger partial charge is 1.00 e. The van der Waals surface area contributed by atoms with Crippen LogP contribution in [0, 0.1) is 6.10 Å². The third kappa shape index (κ3) is 37.8. The molecule has 10 aromatic rings. The summed E-state index contributed by atoms with van der Waals surface area (Å²) in [6.45, 7) is 25.4.